The zero-order valence-corrected chi connectivity index (χ0v) is 16.5. The summed E-state index contributed by atoms with van der Waals surface area (Å²) < 4.78 is 0. The minimum Gasteiger partial charge on any atom is -0.383 e. The zero-order chi connectivity index (χ0) is 20.2. The second-order valence-electron chi connectivity index (χ2n) is 6.03. The van der Waals surface area contributed by atoms with Gasteiger partial charge in [0.25, 0.3) is 0 Å². The van der Waals surface area contributed by atoms with Crippen LogP contribution in [0.2, 0.25) is 5.02 Å². The normalized spacial score (nSPS) is 10.5. The Morgan fingerprint density at radius 1 is 1.07 bits per heavy atom. The molecule has 0 aliphatic rings. The molecule has 2 heterocycles. The maximum atomic E-state index is 12.3. The third kappa shape index (κ3) is 4.50. The molecule has 0 bridgehead atoms. The Morgan fingerprint density at radius 3 is 2.59 bits per heavy atom. The van der Waals surface area contributed by atoms with Crippen LogP contribution in [0.25, 0.3) is 21.8 Å². The Hall–Kier alpha value is -3.49. The minimum absolute atomic E-state index is 0.363. The van der Waals surface area contributed by atoms with Gasteiger partial charge in [0.05, 0.1) is 11.3 Å². The Labute approximate surface area is 175 Å². The van der Waals surface area contributed by atoms with Crippen molar-refractivity contribution in [1.82, 2.24) is 15.0 Å². The number of nitrogen functional groups attached to an aromatic ring is 1. The monoisotopic (exact) mass is 422 g/mol. The third-order valence-electron chi connectivity index (χ3n) is 3.98. The van der Waals surface area contributed by atoms with Crippen LogP contribution in [0.15, 0.2) is 66.4 Å². The van der Waals surface area contributed by atoms with Gasteiger partial charge in [-0.05, 0) is 30.3 Å². The molecule has 2 aromatic heterocycles. The molecule has 9 heteroatoms. The average molecular weight is 423 g/mol. The van der Waals surface area contributed by atoms with Gasteiger partial charge in [0.1, 0.15) is 17.2 Å². The fourth-order valence-electron chi connectivity index (χ4n) is 2.65. The van der Waals surface area contributed by atoms with Gasteiger partial charge in [-0.1, -0.05) is 29.8 Å². The fraction of sp³-hybridized carbons (Fsp3) is 0. The summed E-state index contributed by atoms with van der Waals surface area (Å²) in [6.45, 7) is 0. The number of hydrogen-bond acceptors (Lipinski definition) is 6. The highest BCUT2D eigenvalue weighted by molar-refractivity contribution is 7.13. The van der Waals surface area contributed by atoms with Gasteiger partial charge in [0, 0.05) is 33.5 Å². The maximum Gasteiger partial charge on any atom is 0.323 e. The number of thiazole rings is 1. The Bertz CT molecular complexity index is 1180. The predicted octanol–water partition coefficient (Wildman–Crippen LogP) is 5.15. The SMILES string of the molecule is Nc1ncncc1-c1nc(-c2cccc(NC(=O)Nc3cccc(Cl)c3)c2)cs1. The van der Waals surface area contributed by atoms with Crippen LogP contribution >= 0.6 is 22.9 Å². The fourth-order valence-corrected chi connectivity index (χ4v) is 3.69. The van der Waals surface area contributed by atoms with Crippen molar-refractivity contribution in [2.75, 3.05) is 16.4 Å². The van der Waals surface area contributed by atoms with Crippen LogP contribution in [0, 0.1) is 0 Å². The van der Waals surface area contributed by atoms with E-state index in [1.807, 2.05) is 23.6 Å². The number of nitrogens with zero attached hydrogens (tertiary/aromatic N) is 3. The number of benzene rings is 2. The number of anilines is 3. The van der Waals surface area contributed by atoms with Gasteiger partial charge in [0.2, 0.25) is 0 Å². The molecule has 29 heavy (non-hydrogen) atoms. The molecular formula is C20H15ClN6OS. The largest absolute Gasteiger partial charge is 0.383 e. The first-order valence-corrected chi connectivity index (χ1v) is 9.79. The van der Waals surface area contributed by atoms with E-state index < -0.39 is 0 Å². The molecular weight excluding hydrogens is 408 g/mol. The van der Waals surface area contributed by atoms with Crippen molar-refractivity contribution in [2.24, 2.45) is 0 Å². The number of carbonyl (C=O) groups is 1. The summed E-state index contributed by atoms with van der Waals surface area (Å²) >= 11 is 7.39. The lowest BCUT2D eigenvalue weighted by atomic mass is 10.1. The van der Waals surface area contributed by atoms with Crippen LogP contribution in [0.3, 0.4) is 0 Å². The summed E-state index contributed by atoms with van der Waals surface area (Å²) in [5.74, 6) is 0.383. The highest BCUT2D eigenvalue weighted by Gasteiger charge is 2.11. The van der Waals surface area contributed by atoms with Crippen molar-refractivity contribution in [3.05, 3.63) is 71.5 Å². The number of amides is 2. The molecule has 0 unspecified atom stereocenters. The molecule has 0 saturated heterocycles. The van der Waals surface area contributed by atoms with Gasteiger partial charge in [-0.25, -0.2) is 19.7 Å². The lowest BCUT2D eigenvalue weighted by Gasteiger charge is -2.09. The topological polar surface area (TPSA) is 106 Å². The molecule has 2 amide bonds. The summed E-state index contributed by atoms with van der Waals surface area (Å²) in [5.41, 5.74) is 9.48. The van der Waals surface area contributed by atoms with Crippen molar-refractivity contribution >= 4 is 46.2 Å². The third-order valence-corrected chi connectivity index (χ3v) is 5.09. The second-order valence-corrected chi connectivity index (χ2v) is 7.32. The van der Waals surface area contributed by atoms with E-state index in [0.29, 0.717) is 27.8 Å². The number of aromatic nitrogens is 3. The first-order valence-electron chi connectivity index (χ1n) is 8.54. The number of urea groups is 1. The number of nitrogens with two attached hydrogens (primary N) is 1. The molecule has 4 N–H and O–H groups in total. The van der Waals surface area contributed by atoms with Crippen LogP contribution in [-0.4, -0.2) is 21.0 Å². The number of carbonyl (C=O) groups excluding carboxylic acids is 1. The van der Waals surface area contributed by atoms with Crippen molar-refractivity contribution in [2.45, 2.75) is 0 Å². The maximum absolute atomic E-state index is 12.3. The molecule has 4 rings (SSSR count). The van der Waals surface area contributed by atoms with Gasteiger partial charge < -0.3 is 16.4 Å². The van der Waals surface area contributed by atoms with Crippen molar-refractivity contribution in [3.63, 3.8) is 0 Å². The van der Waals surface area contributed by atoms with Gasteiger partial charge >= 0.3 is 6.03 Å². The van der Waals surface area contributed by atoms with E-state index in [-0.39, 0.29) is 6.03 Å². The van der Waals surface area contributed by atoms with E-state index in [2.05, 4.69) is 25.6 Å². The number of halogens is 1. The highest BCUT2D eigenvalue weighted by atomic mass is 35.5. The first-order chi connectivity index (χ1) is 14.1. The molecule has 0 saturated carbocycles. The van der Waals surface area contributed by atoms with Gasteiger partial charge in [-0.15, -0.1) is 11.3 Å². The van der Waals surface area contributed by atoms with Crippen LogP contribution in [-0.2, 0) is 0 Å². The number of hydrogen-bond donors (Lipinski definition) is 3. The summed E-state index contributed by atoms with van der Waals surface area (Å²) in [6.07, 6.45) is 3.04. The predicted molar refractivity (Wildman–Crippen MR) is 117 cm³/mol. The van der Waals surface area contributed by atoms with E-state index in [0.717, 1.165) is 16.3 Å². The molecule has 7 nitrogen and oxygen atoms in total. The molecule has 0 aliphatic heterocycles. The van der Waals surface area contributed by atoms with Gasteiger partial charge in [0.15, 0.2) is 0 Å². The standard InChI is InChI=1S/C20H15ClN6OS/c21-13-4-2-6-15(8-13)26-20(28)25-14-5-1-3-12(7-14)17-10-29-19(27-17)16-9-23-11-24-18(16)22/h1-11H,(H2,22,23,24)(H2,25,26,28). The first kappa shape index (κ1) is 18.9. The lowest BCUT2D eigenvalue weighted by Crippen LogP contribution is -2.19. The Kier molecular flexibility index (Phi) is 5.37. The number of nitrogens with one attached hydrogen (secondary N) is 2. The van der Waals surface area contributed by atoms with E-state index in [4.69, 9.17) is 17.3 Å². The van der Waals surface area contributed by atoms with Crippen molar-refractivity contribution in [3.8, 4) is 21.8 Å². The molecule has 0 radical (unpaired) electrons. The molecule has 144 valence electrons. The van der Waals surface area contributed by atoms with Gasteiger partial charge in [-0.3, -0.25) is 0 Å². The minimum atomic E-state index is -0.363. The Balaban J connectivity index is 1.50. The highest BCUT2D eigenvalue weighted by Crippen LogP contribution is 2.31. The molecule has 0 fully saturated rings. The second kappa shape index (κ2) is 8.26. The molecule has 2 aromatic carbocycles. The molecule has 4 aromatic rings. The van der Waals surface area contributed by atoms with Crippen LogP contribution < -0.4 is 16.4 Å². The van der Waals surface area contributed by atoms with Crippen LogP contribution in [0.1, 0.15) is 0 Å². The molecule has 0 atom stereocenters. The summed E-state index contributed by atoms with van der Waals surface area (Å²) in [4.78, 5) is 24.9. The average Bonchev–Trinajstić information content (AvgIpc) is 3.18. The van der Waals surface area contributed by atoms with Crippen LogP contribution in [0.4, 0.5) is 22.0 Å². The van der Waals surface area contributed by atoms with Gasteiger partial charge in [-0.2, -0.15) is 0 Å². The lowest BCUT2D eigenvalue weighted by molar-refractivity contribution is 0.262. The summed E-state index contributed by atoms with van der Waals surface area (Å²) in [5, 5.41) is 8.76. The van der Waals surface area contributed by atoms with Crippen molar-refractivity contribution in [1.29, 1.82) is 0 Å². The summed E-state index contributed by atoms with van der Waals surface area (Å²) in [7, 11) is 0. The molecule has 0 spiro atoms. The van der Waals surface area contributed by atoms with E-state index in [1.165, 1.54) is 17.7 Å². The smallest absolute Gasteiger partial charge is 0.323 e. The van der Waals surface area contributed by atoms with E-state index in [9.17, 15) is 4.79 Å². The zero-order valence-electron chi connectivity index (χ0n) is 15.0. The van der Waals surface area contributed by atoms with Crippen molar-refractivity contribution < 1.29 is 4.79 Å². The van der Waals surface area contributed by atoms with Crippen LogP contribution in [0.5, 0.6) is 0 Å². The summed E-state index contributed by atoms with van der Waals surface area (Å²) in [6, 6.07) is 14.0. The van der Waals surface area contributed by atoms with E-state index >= 15 is 0 Å². The Morgan fingerprint density at radius 2 is 1.83 bits per heavy atom. The molecule has 0 aliphatic carbocycles. The number of rotatable bonds is 4. The van der Waals surface area contributed by atoms with E-state index in [1.54, 1.807) is 36.5 Å². The quantitative estimate of drug-likeness (QED) is 0.422.